The van der Waals surface area contributed by atoms with Crippen LogP contribution in [0.15, 0.2) is 42.5 Å². The molecule has 3 aliphatic rings. The summed E-state index contributed by atoms with van der Waals surface area (Å²) in [6.07, 6.45) is 2.32. The lowest BCUT2D eigenvalue weighted by atomic mass is 9.76. The molecule has 1 saturated carbocycles. The number of methoxy groups -OCH3 is 1. The molecule has 0 unspecified atom stereocenters. The number of benzene rings is 2. The summed E-state index contributed by atoms with van der Waals surface area (Å²) in [4.78, 5) is 43.1. The number of nitrogens with zero attached hydrogens (tertiary/aromatic N) is 4. The molecule has 0 bridgehead atoms. The Morgan fingerprint density at radius 2 is 1.51 bits per heavy atom. The molecule has 2 aromatic carbocycles. The van der Waals surface area contributed by atoms with Crippen LogP contribution in [0.4, 0.5) is 22.7 Å². The summed E-state index contributed by atoms with van der Waals surface area (Å²) in [6, 6.07) is 12.6. The van der Waals surface area contributed by atoms with Crippen molar-refractivity contribution in [2.24, 2.45) is 17.8 Å². The van der Waals surface area contributed by atoms with Gasteiger partial charge in [0.1, 0.15) is 11.4 Å². The molecule has 5 rings (SSSR count). The van der Waals surface area contributed by atoms with E-state index in [0.717, 1.165) is 30.9 Å². The average molecular weight is 479 g/mol. The summed E-state index contributed by atoms with van der Waals surface area (Å²) in [6.45, 7) is 4.78. The molecule has 0 N–H and O–H groups in total. The van der Waals surface area contributed by atoms with Gasteiger partial charge in [-0.1, -0.05) is 6.92 Å². The zero-order chi connectivity index (χ0) is 24.7. The zero-order valence-electron chi connectivity index (χ0n) is 20.1. The highest BCUT2D eigenvalue weighted by Gasteiger charge is 2.50. The Hall–Kier alpha value is -3.62. The lowest BCUT2D eigenvalue weighted by Gasteiger charge is -2.37. The van der Waals surface area contributed by atoms with Crippen molar-refractivity contribution in [3.05, 3.63) is 52.6 Å². The van der Waals surface area contributed by atoms with E-state index in [1.807, 2.05) is 29.2 Å². The minimum absolute atomic E-state index is 0.0794. The minimum atomic E-state index is -0.422. The normalized spacial score (nSPS) is 24.5. The van der Waals surface area contributed by atoms with Crippen molar-refractivity contribution in [1.82, 2.24) is 0 Å². The topological polar surface area (TPSA) is 96.2 Å². The fourth-order valence-electron chi connectivity index (χ4n) is 5.71. The molecule has 3 fully saturated rings. The van der Waals surface area contributed by atoms with Gasteiger partial charge in [-0.15, -0.1) is 0 Å². The standard InChI is InChI=1S/C26H30N4O5/c1-17-3-9-21-22(15-17)26(32)29(25(21)31)19-6-10-23(24(16-19)30(33)34)28-13-11-27(12-14-28)18-4-7-20(35-2)8-5-18/h4-8,10,16-17,21-22H,3,9,11-15H2,1-2H3/t17-,21-,22-/m1/s1. The summed E-state index contributed by atoms with van der Waals surface area (Å²) in [5.74, 6) is 0.149. The minimum Gasteiger partial charge on any atom is -0.497 e. The summed E-state index contributed by atoms with van der Waals surface area (Å²) >= 11 is 0. The fourth-order valence-corrected chi connectivity index (χ4v) is 5.71. The smallest absolute Gasteiger partial charge is 0.294 e. The number of rotatable bonds is 5. The second kappa shape index (κ2) is 9.20. The van der Waals surface area contributed by atoms with Crippen LogP contribution < -0.4 is 19.4 Å². The Labute approximate surface area is 204 Å². The van der Waals surface area contributed by atoms with E-state index in [2.05, 4.69) is 11.8 Å². The number of nitro groups is 1. The Morgan fingerprint density at radius 1 is 0.886 bits per heavy atom. The SMILES string of the molecule is COc1ccc(N2CCN(c3ccc(N4C(=O)[C@@H]5CC[C@@H](C)C[C@H]5C4=O)cc3[N+](=O)[O-])CC2)cc1. The van der Waals surface area contributed by atoms with Crippen LogP contribution in [0.1, 0.15) is 26.2 Å². The second-order valence-corrected chi connectivity index (χ2v) is 9.75. The maximum Gasteiger partial charge on any atom is 0.294 e. The van der Waals surface area contributed by atoms with E-state index in [1.54, 1.807) is 19.2 Å². The third-order valence-corrected chi connectivity index (χ3v) is 7.66. The van der Waals surface area contributed by atoms with Gasteiger partial charge in [0.15, 0.2) is 0 Å². The van der Waals surface area contributed by atoms with Gasteiger partial charge in [-0.05, 0) is 61.6 Å². The molecule has 2 heterocycles. The fraction of sp³-hybridized carbons (Fsp3) is 0.462. The molecule has 0 aromatic heterocycles. The van der Waals surface area contributed by atoms with Crippen molar-refractivity contribution < 1.29 is 19.2 Å². The average Bonchev–Trinajstić information content (AvgIpc) is 3.12. The van der Waals surface area contributed by atoms with Crippen molar-refractivity contribution in [2.75, 3.05) is 48.0 Å². The van der Waals surface area contributed by atoms with Gasteiger partial charge in [0, 0.05) is 37.9 Å². The van der Waals surface area contributed by atoms with E-state index < -0.39 is 4.92 Å². The molecule has 2 aliphatic heterocycles. The first-order chi connectivity index (χ1) is 16.9. The molecule has 0 spiro atoms. The number of fused-ring (bicyclic) bond motifs is 1. The Balaban J connectivity index is 1.34. The predicted molar refractivity (Wildman–Crippen MR) is 133 cm³/mol. The van der Waals surface area contributed by atoms with Crippen LogP contribution in [0.5, 0.6) is 5.75 Å². The number of carbonyl (C=O) groups is 2. The molecule has 1 aliphatic carbocycles. The van der Waals surface area contributed by atoms with Crippen LogP contribution in [0.2, 0.25) is 0 Å². The molecule has 2 amide bonds. The van der Waals surface area contributed by atoms with Crippen LogP contribution in [0.3, 0.4) is 0 Å². The Kier molecular flexibility index (Phi) is 6.08. The number of piperazine rings is 1. The van der Waals surface area contributed by atoms with Crippen molar-refractivity contribution in [2.45, 2.75) is 26.2 Å². The third-order valence-electron chi connectivity index (χ3n) is 7.66. The molecular weight excluding hydrogens is 448 g/mol. The first kappa shape index (κ1) is 23.1. The van der Waals surface area contributed by atoms with Gasteiger partial charge in [-0.2, -0.15) is 0 Å². The van der Waals surface area contributed by atoms with Gasteiger partial charge in [0.25, 0.3) is 5.69 Å². The second-order valence-electron chi connectivity index (χ2n) is 9.75. The maximum absolute atomic E-state index is 13.1. The third kappa shape index (κ3) is 4.19. The molecule has 35 heavy (non-hydrogen) atoms. The highest BCUT2D eigenvalue weighted by Crippen LogP contribution is 2.43. The molecule has 9 heteroatoms. The van der Waals surface area contributed by atoms with Crippen molar-refractivity contribution in [3.63, 3.8) is 0 Å². The quantitative estimate of drug-likeness (QED) is 0.366. The van der Waals surface area contributed by atoms with Crippen LogP contribution in [0, 0.1) is 27.9 Å². The first-order valence-electron chi connectivity index (χ1n) is 12.2. The number of nitro benzene ring substituents is 1. The highest BCUT2D eigenvalue weighted by atomic mass is 16.6. The van der Waals surface area contributed by atoms with E-state index in [4.69, 9.17) is 4.74 Å². The van der Waals surface area contributed by atoms with E-state index >= 15 is 0 Å². The van der Waals surface area contributed by atoms with Crippen LogP contribution in [-0.4, -0.2) is 50.0 Å². The summed E-state index contributed by atoms with van der Waals surface area (Å²) in [5, 5.41) is 12.0. The monoisotopic (exact) mass is 478 g/mol. The van der Waals surface area contributed by atoms with Gasteiger partial charge < -0.3 is 14.5 Å². The van der Waals surface area contributed by atoms with E-state index in [1.165, 1.54) is 11.0 Å². The number of hydrogen-bond donors (Lipinski definition) is 0. The molecule has 0 radical (unpaired) electrons. The molecular formula is C26H30N4O5. The summed E-state index contributed by atoms with van der Waals surface area (Å²) in [7, 11) is 1.63. The van der Waals surface area contributed by atoms with Crippen LogP contribution in [0.25, 0.3) is 0 Å². The van der Waals surface area contributed by atoms with Gasteiger partial charge >= 0.3 is 0 Å². The van der Waals surface area contributed by atoms with E-state index in [-0.39, 0.29) is 29.3 Å². The number of carbonyl (C=O) groups excluding carboxylic acids is 2. The van der Waals surface area contributed by atoms with Gasteiger partial charge in [0.2, 0.25) is 11.8 Å². The maximum atomic E-state index is 13.1. The Bertz CT molecular complexity index is 1140. The summed E-state index contributed by atoms with van der Waals surface area (Å²) < 4.78 is 5.22. The number of ether oxygens (including phenoxy) is 1. The number of imide groups is 1. The first-order valence-corrected chi connectivity index (χ1v) is 12.2. The summed E-state index contributed by atoms with van der Waals surface area (Å²) in [5.41, 5.74) is 1.81. The van der Waals surface area contributed by atoms with Crippen molar-refractivity contribution in [3.8, 4) is 5.75 Å². The lowest BCUT2D eigenvalue weighted by Crippen LogP contribution is -2.46. The van der Waals surface area contributed by atoms with Gasteiger partial charge in [-0.3, -0.25) is 19.7 Å². The van der Waals surface area contributed by atoms with Crippen molar-refractivity contribution >= 4 is 34.6 Å². The lowest BCUT2D eigenvalue weighted by molar-refractivity contribution is -0.384. The number of anilines is 3. The van der Waals surface area contributed by atoms with Crippen LogP contribution >= 0.6 is 0 Å². The zero-order valence-corrected chi connectivity index (χ0v) is 20.1. The molecule has 184 valence electrons. The number of hydrogen-bond acceptors (Lipinski definition) is 7. The van der Waals surface area contributed by atoms with Gasteiger partial charge in [-0.25, -0.2) is 4.90 Å². The van der Waals surface area contributed by atoms with Crippen molar-refractivity contribution in [1.29, 1.82) is 0 Å². The van der Waals surface area contributed by atoms with E-state index in [0.29, 0.717) is 43.2 Å². The molecule has 2 aromatic rings. The Morgan fingerprint density at radius 3 is 2.17 bits per heavy atom. The largest absolute Gasteiger partial charge is 0.497 e. The van der Waals surface area contributed by atoms with Crippen LogP contribution in [-0.2, 0) is 9.59 Å². The highest BCUT2D eigenvalue weighted by molar-refractivity contribution is 6.22. The van der Waals surface area contributed by atoms with Gasteiger partial charge in [0.05, 0.1) is 29.6 Å². The number of amides is 2. The molecule has 2 saturated heterocycles. The molecule has 3 atom stereocenters. The predicted octanol–water partition coefficient (Wildman–Crippen LogP) is 3.86. The van der Waals surface area contributed by atoms with E-state index in [9.17, 15) is 19.7 Å². The molecule has 9 nitrogen and oxygen atoms in total.